The molecule has 6 atom stereocenters. The number of aromatic hydroxyl groups is 2. The number of aromatic carboxylic acids is 1. The Kier molecular flexibility index (Phi) is 12.5. The Morgan fingerprint density at radius 2 is 1.68 bits per heavy atom. The van der Waals surface area contributed by atoms with E-state index in [-0.39, 0.29) is 42.1 Å². The van der Waals surface area contributed by atoms with E-state index in [1.54, 1.807) is 0 Å². The van der Waals surface area contributed by atoms with Crippen LogP contribution in [0.5, 0.6) is 34.5 Å². The second-order valence-corrected chi connectivity index (χ2v) is 10.6. The van der Waals surface area contributed by atoms with Gasteiger partial charge in [0.2, 0.25) is 24.1 Å². The standard InChI is InChI=1S/C32H37N3O15/c1-34-32(33)35-14-47-19-12-16(28(41)42)8-9-18(19)48-31-25(40)23(38)24(39)27(49-31)30(44)50-29(43)17-13-20(45-2)22(37)26(21(17)36)46-11-10-15-6-4-3-5-7-15/h3-9,12-13,23-25,27,30-31,36-40,44H,10-11,14H2,1-2H3,(H,41,42)(H3,33,34,35)/t23-,24-,25+,27-,30-,31-/m0/s1. The summed E-state index contributed by atoms with van der Waals surface area (Å²) in [6.07, 6.45) is -11.8. The normalized spacial score (nSPS) is 21.1. The number of guanidine groups is 1. The summed E-state index contributed by atoms with van der Waals surface area (Å²) in [4.78, 5) is 28.4. The highest BCUT2D eigenvalue weighted by atomic mass is 16.7. The molecule has 3 aromatic rings. The molecule has 270 valence electrons. The minimum Gasteiger partial charge on any atom is -0.504 e. The summed E-state index contributed by atoms with van der Waals surface area (Å²) in [6.45, 7) is -0.327. The average molecular weight is 704 g/mol. The van der Waals surface area contributed by atoms with E-state index in [0.717, 1.165) is 29.8 Å². The summed E-state index contributed by atoms with van der Waals surface area (Å²) >= 11 is 0. The molecule has 3 aromatic carbocycles. The third-order valence-electron chi connectivity index (χ3n) is 7.38. The highest BCUT2D eigenvalue weighted by Crippen LogP contribution is 2.46. The number of carbonyl (C=O) groups is 2. The van der Waals surface area contributed by atoms with E-state index < -0.39 is 71.7 Å². The van der Waals surface area contributed by atoms with Gasteiger partial charge in [-0.15, -0.1) is 0 Å². The van der Waals surface area contributed by atoms with Crippen LogP contribution in [-0.2, 0) is 15.9 Å². The minimum absolute atomic E-state index is 0.00209. The Morgan fingerprint density at radius 3 is 2.34 bits per heavy atom. The molecule has 1 fully saturated rings. The average Bonchev–Trinajstić information content (AvgIpc) is 3.10. The molecule has 10 N–H and O–H groups in total. The van der Waals surface area contributed by atoms with Crippen LogP contribution in [0, 0.1) is 0 Å². The van der Waals surface area contributed by atoms with Gasteiger partial charge < -0.3 is 75.2 Å². The predicted molar refractivity (Wildman–Crippen MR) is 170 cm³/mol. The van der Waals surface area contributed by atoms with Crippen molar-refractivity contribution in [2.24, 2.45) is 10.7 Å². The summed E-state index contributed by atoms with van der Waals surface area (Å²) in [5.74, 6) is -5.34. The fourth-order valence-electron chi connectivity index (χ4n) is 4.67. The minimum atomic E-state index is -2.35. The summed E-state index contributed by atoms with van der Waals surface area (Å²) in [5, 5.41) is 76.0. The molecule has 1 aliphatic heterocycles. The van der Waals surface area contributed by atoms with Crippen molar-refractivity contribution in [3.05, 3.63) is 71.3 Å². The molecule has 4 rings (SSSR count). The highest BCUT2D eigenvalue weighted by molar-refractivity contribution is 5.95. The van der Waals surface area contributed by atoms with Gasteiger partial charge >= 0.3 is 11.9 Å². The third kappa shape index (κ3) is 8.73. The first-order valence-corrected chi connectivity index (χ1v) is 14.9. The zero-order valence-corrected chi connectivity index (χ0v) is 26.7. The smallest absolute Gasteiger partial charge is 0.344 e. The molecule has 50 heavy (non-hydrogen) atoms. The first-order valence-electron chi connectivity index (χ1n) is 14.9. The number of hydrogen-bond donors (Lipinski definition) is 9. The number of nitrogens with zero attached hydrogens (tertiary/aromatic N) is 1. The van der Waals surface area contributed by atoms with E-state index in [4.69, 9.17) is 34.2 Å². The van der Waals surface area contributed by atoms with Gasteiger partial charge in [-0.1, -0.05) is 30.3 Å². The SMILES string of the molecule is CN=C(N)NCOc1cc(C(=O)O)ccc1O[C@H]1O[C@H]([C@@H](O)OC(=O)c2cc(OC)c(O)c(OCCc3ccccc3)c2O)[C@@H](O)[C@H](O)[C@H]1O. The van der Waals surface area contributed by atoms with Crippen molar-refractivity contribution in [1.82, 2.24) is 5.32 Å². The monoisotopic (exact) mass is 703 g/mol. The lowest BCUT2D eigenvalue weighted by molar-refractivity contribution is -0.309. The lowest BCUT2D eigenvalue weighted by Gasteiger charge is -2.41. The summed E-state index contributed by atoms with van der Waals surface area (Å²) < 4.78 is 32.3. The maximum absolute atomic E-state index is 13.2. The third-order valence-corrected chi connectivity index (χ3v) is 7.38. The zero-order valence-electron chi connectivity index (χ0n) is 26.7. The molecule has 0 aliphatic carbocycles. The van der Waals surface area contributed by atoms with E-state index in [1.165, 1.54) is 14.2 Å². The van der Waals surface area contributed by atoms with E-state index in [9.17, 15) is 45.3 Å². The van der Waals surface area contributed by atoms with Crippen molar-refractivity contribution in [2.45, 2.75) is 43.4 Å². The van der Waals surface area contributed by atoms with E-state index >= 15 is 0 Å². The lowest BCUT2D eigenvalue weighted by atomic mass is 9.98. The number of hydrogen-bond acceptors (Lipinski definition) is 15. The van der Waals surface area contributed by atoms with Crippen LogP contribution < -0.4 is 30.0 Å². The van der Waals surface area contributed by atoms with Crippen molar-refractivity contribution in [3.63, 3.8) is 0 Å². The van der Waals surface area contributed by atoms with Crippen LogP contribution in [0.15, 0.2) is 59.6 Å². The number of aliphatic imine (C=N–C) groups is 1. The van der Waals surface area contributed by atoms with Crippen LogP contribution in [0.25, 0.3) is 0 Å². The zero-order chi connectivity index (χ0) is 36.5. The van der Waals surface area contributed by atoms with E-state index in [2.05, 4.69) is 10.3 Å². The molecule has 0 amide bonds. The molecule has 1 heterocycles. The second-order valence-electron chi connectivity index (χ2n) is 10.6. The number of methoxy groups -OCH3 is 1. The molecule has 18 nitrogen and oxygen atoms in total. The molecule has 0 aromatic heterocycles. The fraction of sp³-hybridized carbons (Fsp3) is 0.344. The Hall–Kier alpha value is -5.53. The Morgan fingerprint density at radius 1 is 0.960 bits per heavy atom. The van der Waals surface area contributed by atoms with Gasteiger partial charge in [0.1, 0.15) is 23.9 Å². The van der Waals surface area contributed by atoms with Crippen LogP contribution in [0.2, 0.25) is 0 Å². The van der Waals surface area contributed by atoms with Gasteiger partial charge in [0.25, 0.3) is 0 Å². The van der Waals surface area contributed by atoms with Crippen LogP contribution in [0.1, 0.15) is 26.3 Å². The number of carboxylic acid groups (broad SMARTS) is 1. The number of nitrogens with two attached hydrogens (primary N) is 1. The number of rotatable bonds is 14. The largest absolute Gasteiger partial charge is 0.504 e. The number of carboxylic acids is 1. The Balaban J connectivity index is 1.51. The number of esters is 1. The molecular formula is C32H37N3O15. The molecule has 0 bridgehead atoms. The summed E-state index contributed by atoms with van der Waals surface area (Å²) in [5.41, 5.74) is 5.64. The maximum atomic E-state index is 13.2. The van der Waals surface area contributed by atoms with Crippen LogP contribution in [0.4, 0.5) is 0 Å². The van der Waals surface area contributed by atoms with Crippen LogP contribution >= 0.6 is 0 Å². The lowest BCUT2D eigenvalue weighted by Crippen LogP contribution is -2.62. The van der Waals surface area contributed by atoms with Gasteiger partial charge in [-0.25, -0.2) is 9.59 Å². The number of nitrogens with one attached hydrogen (secondary N) is 1. The maximum Gasteiger partial charge on any atom is 0.344 e. The first kappa shape index (κ1) is 37.3. The van der Waals surface area contributed by atoms with Gasteiger partial charge in [-0.2, -0.15) is 0 Å². The molecule has 0 unspecified atom stereocenters. The molecule has 0 saturated carbocycles. The number of benzene rings is 3. The molecule has 1 saturated heterocycles. The number of phenolic OH excluding ortho intramolecular Hbond substituents is 2. The Bertz CT molecular complexity index is 1670. The predicted octanol–water partition coefficient (Wildman–Crippen LogP) is -0.342. The first-order chi connectivity index (χ1) is 23.9. The quantitative estimate of drug-likeness (QED) is 0.0449. The highest BCUT2D eigenvalue weighted by Gasteiger charge is 2.49. The van der Waals surface area contributed by atoms with E-state index in [1.807, 2.05) is 30.3 Å². The van der Waals surface area contributed by atoms with Crippen LogP contribution in [-0.4, -0.2) is 118 Å². The van der Waals surface area contributed by atoms with Crippen molar-refractivity contribution < 1.29 is 73.8 Å². The number of phenols is 2. The van der Waals surface area contributed by atoms with Gasteiger partial charge in [-0.3, -0.25) is 4.99 Å². The van der Waals surface area contributed by atoms with Gasteiger partial charge in [-0.05, 0) is 23.8 Å². The number of carbonyl (C=O) groups excluding carboxylic acids is 1. The van der Waals surface area contributed by atoms with Crippen molar-refractivity contribution in [1.29, 1.82) is 0 Å². The molecule has 1 aliphatic rings. The molecule has 0 radical (unpaired) electrons. The molecule has 18 heteroatoms. The second kappa shape index (κ2) is 16.7. The molecule has 0 spiro atoms. The number of aliphatic hydroxyl groups is 4. The molecular weight excluding hydrogens is 666 g/mol. The van der Waals surface area contributed by atoms with Crippen molar-refractivity contribution in [3.8, 4) is 34.5 Å². The van der Waals surface area contributed by atoms with Gasteiger partial charge in [0.05, 0.1) is 19.3 Å². The Labute approximate surface area is 284 Å². The van der Waals surface area contributed by atoms with Crippen molar-refractivity contribution >= 4 is 17.9 Å². The van der Waals surface area contributed by atoms with Crippen LogP contribution in [0.3, 0.4) is 0 Å². The summed E-state index contributed by atoms with van der Waals surface area (Å²) in [7, 11) is 2.59. The van der Waals surface area contributed by atoms with Gasteiger partial charge in [0.15, 0.2) is 41.8 Å². The van der Waals surface area contributed by atoms with Crippen molar-refractivity contribution in [2.75, 3.05) is 27.5 Å². The van der Waals surface area contributed by atoms with E-state index in [0.29, 0.717) is 6.42 Å². The van der Waals surface area contributed by atoms with Gasteiger partial charge in [0, 0.05) is 19.5 Å². The topological polar surface area (TPSA) is 282 Å². The number of ether oxygens (including phenoxy) is 6. The fourth-order valence-corrected chi connectivity index (χ4v) is 4.67. The summed E-state index contributed by atoms with van der Waals surface area (Å²) in [6, 6.07) is 13.5. The number of aliphatic hydroxyl groups excluding tert-OH is 4.